The predicted octanol–water partition coefficient (Wildman–Crippen LogP) is 4.93. The van der Waals surface area contributed by atoms with Gasteiger partial charge < -0.3 is 50.2 Å². The van der Waals surface area contributed by atoms with Crippen molar-refractivity contribution in [2.75, 3.05) is 32.7 Å². The SMILES string of the molecule is Cc1cc(C(=O)NCCN(CCNC(=O)c2cc(C)[nH]c(=O)c2OCc2ccccc2)CC(CCCC(=O)O)NC(=O)c2cc(C)[nH]c(=O)c2OCc2ccccc2)c(OCc2ccccc2)c(=O)[nH]1. The molecule has 7 N–H and O–H groups in total. The molecule has 18 nitrogen and oxygen atoms in total. The summed E-state index contributed by atoms with van der Waals surface area (Å²) >= 11 is 0. The molecule has 6 aromatic rings. The first-order valence-corrected chi connectivity index (χ1v) is 22.8. The summed E-state index contributed by atoms with van der Waals surface area (Å²) in [6.07, 6.45) is 0.176. The van der Waals surface area contributed by atoms with Gasteiger partial charge in [-0.15, -0.1) is 0 Å². The van der Waals surface area contributed by atoms with Gasteiger partial charge in [0.1, 0.15) is 19.8 Å². The van der Waals surface area contributed by atoms with E-state index in [9.17, 15) is 38.7 Å². The molecule has 70 heavy (non-hydrogen) atoms. The first-order chi connectivity index (χ1) is 33.7. The maximum atomic E-state index is 14.2. The minimum absolute atomic E-state index is 0.00960. The van der Waals surface area contributed by atoms with E-state index in [1.807, 2.05) is 95.9 Å². The number of aliphatic carboxylic acids is 1. The minimum atomic E-state index is -1.03. The van der Waals surface area contributed by atoms with E-state index < -0.39 is 46.4 Å². The summed E-state index contributed by atoms with van der Waals surface area (Å²) in [6.45, 7) is 5.40. The third kappa shape index (κ3) is 15.1. The van der Waals surface area contributed by atoms with Crippen molar-refractivity contribution >= 4 is 23.7 Å². The van der Waals surface area contributed by atoms with Crippen LogP contribution in [0, 0.1) is 20.8 Å². The van der Waals surface area contributed by atoms with Crippen molar-refractivity contribution in [3.63, 3.8) is 0 Å². The number of carboxylic acid groups (broad SMARTS) is 1. The Kier molecular flexibility index (Phi) is 18.4. The summed E-state index contributed by atoms with van der Waals surface area (Å²) in [7, 11) is 0. The van der Waals surface area contributed by atoms with E-state index in [2.05, 4.69) is 30.9 Å². The number of aryl methyl sites for hydroxylation is 3. The number of nitrogens with zero attached hydrogens (tertiary/aromatic N) is 1. The van der Waals surface area contributed by atoms with Crippen LogP contribution >= 0.6 is 0 Å². The Morgan fingerprint density at radius 3 is 1.27 bits per heavy atom. The lowest BCUT2D eigenvalue weighted by molar-refractivity contribution is -0.137. The molecule has 366 valence electrons. The van der Waals surface area contributed by atoms with Gasteiger partial charge in [0.25, 0.3) is 34.4 Å². The molecule has 3 aromatic heterocycles. The van der Waals surface area contributed by atoms with Crippen LogP contribution < -0.4 is 46.8 Å². The number of pyridine rings is 3. The van der Waals surface area contributed by atoms with Gasteiger partial charge in [0.05, 0.1) is 16.7 Å². The van der Waals surface area contributed by atoms with Crippen molar-refractivity contribution in [2.45, 2.75) is 65.9 Å². The topological polar surface area (TPSA) is 254 Å². The van der Waals surface area contributed by atoms with Crippen LogP contribution in [0.1, 0.15) is 84.1 Å². The van der Waals surface area contributed by atoms with Crippen molar-refractivity contribution in [3.8, 4) is 17.2 Å². The van der Waals surface area contributed by atoms with Crippen LogP contribution in [0.2, 0.25) is 0 Å². The molecule has 6 rings (SSSR count). The van der Waals surface area contributed by atoms with Crippen molar-refractivity contribution in [1.82, 2.24) is 35.8 Å². The number of rotatable bonds is 25. The summed E-state index contributed by atoms with van der Waals surface area (Å²) in [5.41, 5.74) is 1.89. The maximum Gasteiger partial charge on any atom is 0.303 e. The molecule has 1 unspecified atom stereocenters. The molecule has 3 aromatic carbocycles. The number of hydrogen-bond acceptors (Lipinski definition) is 11. The molecule has 0 aliphatic carbocycles. The van der Waals surface area contributed by atoms with Gasteiger partial charge in [-0.1, -0.05) is 91.0 Å². The Hall–Kier alpha value is -8.25. The van der Waals surface area contributed by atoms with Gasteiger partial charge >= 0.3 is 5.97 Å². The highest BCUT2D eigenvalue weighted by molar-refractivity contribution is 5.98. The number of aromatic amines is 3. The highest BCUT2D eigenvalue weighted by Gasteiger charge is 2.25. The number of carbonyl (C=O) groups excluding carboxylic acids is 3. The Morgan fingerprint density at radius 1 is 0.557 bits per heavy atom. The van der Waals surface area contributed by atoms with Crippen LogP contribution in [0.25, 0.3) is 0 Å². The van der Waals surface area contributed by atoms with E-state index in [1.165, 1.54) is 18.2 Å². The molecular weight excluding hydrogens is 899 g/mol. The summed E-state index contributed by atoms with van der Waals surface area (Å²) in [6, 6.07) is 31.3. The van der Waals surface area contributed by atoms with E-state index in [0.717, 1.165) is 16.7 Å². The van der Waals surface area contributed by atoms with Crippen LogP contribution in [0.3, 0.4) is 0 Å². The standard InChI is InChI=1S/C52H57N7O11/c1-33-26-40(44(50(65)55-33)68-30-36-14-7-4-8-15-36)47(62)53-22-24-59(25-23-54-48(63)41-27-34(2)56-51(66)45(41)69-31-37-16-9-5-10-17-37)29-39(20-13-21-43(60)61)58-49(64)42-28-35(3)57-52(67)46(42)70-32-38-18-11-6-12-19-38/h4-12,14-19,26-28,39H,13,20-25,29-32H2,1-3H3,(H,53,62)(H,54,63)(H,55,65)(H,56,66)(H,57,67)(H,58,64)(H,60,61). The number of aromatic nitrogens is 3. The van der Waals surface area contributed by atoms with Gasteiger partial charge in [-0.3, -0.25) is 38.5 Å². The Morgan fingerprint density at radius 2 is 0.914 bits per heavy atom. The molecule has 0 spiro atoms. The molecule has 0 bridgehead atoms. The van der Waals surface area contributed by atoms with E-state index in [-0.39, 0.29) is 106 Å². The number of H-pyrrole nitrogens is 3. The van der Waals surface area contributed by atoms with Crippen LogP contribution in [-0.4, -0.2) is 87.4 Å². The van der Waals surface area contributed by atoms with Gasteiger partial charge in [-0.25, -0.2) is 0 Å². The molecule has 0 saturated carbocycles. The zero-order valence-corrected chi connectivity index (χ0v) is 39.2. The average molecular weight is 956 g/mol. The minimum Gasteiger partial charge on any atom is -0.482 e. The molecule has 0 aliphatic rings. The molecule has 3 amide bonds. The summed E-state index contributed by atoms with van der Waals surface area (Å²) in [5.74, 6) is -3.34. The van der Waals surface area contributed by atoms with Crippen LogP contribution in [0.5, 0.6) is 17.2 Å². The second-order valence-corrected chi connectivity index (χ2v) is 16.7. The molecule has 0 radical (unpaired) electrons. The van der Waals surface area contributed by atoms with Gasteiger partial charge in [-0.05, 0) is 68.5 Å². The molecule has 1 atom stereocenters. The number of benzene rings is 3. The average Bonchev–Trinajstić information content (AvgIpc) is 3.33. The van der Waals surface area contributed by atoms with E-state index in [1.54, 1.807) is 20.8 Å². The Labute approximate surface area is 403 Å². The normalized spacial score (nSPS) is 11.4. The predicted molar refractivity (Wildman–Crippen MR) is 262 cm³/mol. The summed E-state index contributed by atoms with van der Waals surface area (Å²) in [5, 5.41) is 18.3. The quantitative estimate of drug-likeness (QED) is 0.0404. The molecule has 0 fully saturated rings. The van der Waals surface area contributed by atoms with Crippen molar-refractivity contribution in [1.29, 1.82) is 0 Å². The van der Waals surface area contributed by atoms with Crippen LogP contribution in [0.15, 0.2) is 124 Å². The number of hydrogen-bond donors (Lipinski definition) is 7. The molecular formula is C52H57N7O11. The lowest BCUT2D eigenvalue weighted by Gasteiger charge is -2.29. The third-order valence-corrected chi connectivity index (χ3v) is 11.0. The van der Waals surface area contributed by atoms with Crippen molar-refractivity contribution < 1.29 is 38.5 Å². The smallest absolute Gasteiger partial charge is 0.303 e. The van der Waals surface area contributed by atoms with Gasteiger partial charge in [0, 0.05) is 62.3 Å². The van der Waals surface area contributed by atoms with Crippen LogP contribution in [-0.2, 0) is 24.6 Å². The fourth-order valence-electron chi connectivity index (χ4n) is 7.58. The van der Waals surface area contributed by atoms with E-state index in [0.29, 0.717) is 17.1 Å². The Balaban J connectivity index is 1.22. The monoisotopic (exact) mass is 955 g/mol. The van der Waals surface area contributed by atoms with E-state index >= 15 is 0 Å². The fraction of sp³-hybridized carbons (Fsp3) is 0.288. The number of carbonyl (C=O) groups is 4. The van der Waals surface area contributed by atoms with Gasteiger partial charge in [-0.2, -0.15) is 0 Å². The second kappa shape index (κ2) is 25.2. The van der Waals surface area contributed by atoms with Gasteiger partial charge in [0.15, 0.2) is 17.2 Å². The highest BCUT2D eigenvalue weighted by atomic mass is 16.5. The first-order valence-electron chi connectivity index (χ1n) is 22.8. The number of nitrogens with one attached hydrogen (secondary N) is 6. The van der Waals surface area contributed by atoms with Crippen molar-refractivity contribution in [2.24, 2.45) is 0 Å². The summed E-state index contributed by atoms with van der Waals surface area (Å²) in [4.78, 5) is 103. The molecule has 0 saturated heterocycles. The van der Waals surface area contributed by atoms with Gasteiger partial charge in [0.2, 0.25) is 0 Å². The molecule has 3 heterocycles. The number of carboxylic acids is 1. The highest BCUT2D eigenvalue weighted by Crippen LogP contribution is 2.19. The number of amides is 3. The largest absolute Gasteiger partial charge is 0.482 e. The fourth-order valence-corrected chi connectivity index (χ4v) is 7.58. The zero-order valence-electron chi connectivity index (χ0n) is 39.2. The maximum absolute atomic E-state index is 14.2. The van der Waals surface area contributed by atoms with Crippen molar-refractivity contribution in [3.05, 3.63) is 191 Å². The summed E-state index contributed by atoms with van der Waals surface area (Å²) < 4.78 is 17.7. The zero-order chi connectivity index (χ0) is 50.0. The number of ether oxygens (including phenoxy) is 3. The molecule has 0 aliphatic heterocycles. The lowest BCUT2D eigenvalue weighted by Crippen LogP contribution is -2.48. The first kappa shape index (κ1) is 51.1. The molecule has 18 heteroatoms. The van der Waals surface area contributed by atoms with Crippen LogP contribution in [0.4, 0.5) is 0 Å². The lowest BCUT2D eigenvalue weighted by atomic mass is 10.1. The Bertz CT molecular complexity index is 2800. The van der Waals surface area contributed by atoms with E-state index in [4.69, 9.17) is 14.2 Å². The second-order valence-electron chi connectivity index (χ2n) is 16.7. The third-order valence-electron chi connectivity index (χ3n) is 11.0.